The lowest BCUT2D eigenvalue weighted by molar-refractivity contribution is -0.123. The third kappa shape index (κ3) is 2.07. The second kappa shape index (κ2) is 4.35. The smallest absolute Gasteiger partial charge is 0.230 e. The molecular weight excluding hydrogens is 254 g/mol. The zero-order valence-electron chi connectivity index (χ0n) is 8.50. The first-order valence-corrected chi connectivity index (χ1v) is 6.31. The largest absolute Gasteiger partial charge is 0.354 e. The van der Waals surface area contributed by atoms with Gasteiger partial charge in [-0.3, -0.25) is 4.79 Å². The maximum Gasteiger partial charge on any atom is 0.230 e. The number of carbonyl (C=O) groups excluding carboxylic acids is 1. The Labute approximate surface area is 98.2 Å². The minimum Gasteiger partial charge on any atom is -0.354 e. The van der Waals surface area contributed by atoms with Gasteiger partial charge in [-0.05, 0) is 18.4 Å². The van der Waals surface area contributed by atoms with Gasteiger partial charge in [0.15, 0.2) is 0 Å². The van der Waals surface area contributed by atoms with E-state index in [1.807, 2.05) is 30.3 Å². The third-order valence-corrected chi connectivity index (χ3v) is 3.29. The Morgan fingerprint density at radius 1 is 1.33 bits per heavy atom. The van der Waals surface area contributed by atoms with Gasteiger partial charge in [0.25, 0.3) is 0 Å². The molecule has 0 heterocycles. The molecule has 0 radical (unpaired) electrons. The van der Waals surface area contributed by atoms with Gasteiger partial charge < -0.3 is 5.32 Å². The highest BCUT2D eigenvalue weighted by atomic mass is 79.9. The molecule has 1 amide bonds. The van der Waals surface area contributed by atoms with Crippen LogP contribution in [-0.2, 0) is 10.2 Å². The van der Waals surface area contributed by atoms with E-state index in [4.69, 9.17) is 0 Å². The van der Waals surface area contributed by atoms with Gasteiger partial charge in [-0.1, -0.05) is 46.3 Å². The minimum absolute atomic E-state index is 0.174. The molecule has 2 rings (SSSR count). The Balaban J connectivity index is 2.11. The van der Waals surface area contributed by atoms with Gasteiger partial charge in [0.05, 0.1) is 5.41 Å². The number of carbonyl (C=O) groups is 1. The molecule has 1 aromatic carbocycles. The van der Waals surface area contributed by atoms with Crippen molar-refractivity contribution in [3.8, 4) is 0 Å². The van der Waals surface area contributed by atoms with E-state index in [0.29, 0.717) is 6.54 Å². The number of hydrogen-bond acceptors (Lipinski definition) is 1. The van der Waals surface area contributed by atoms with E-state index in [9.17, 15) is 4.79 Å². The molecule has 1 aliphatic rings. The molecule has 0 bridgehead atoms. The molecule has 1 aliphatic carbocycles. The van der Waals surface area contributed by atoms with Crippen LogP contribution in [0.5, 0.6) is 0 Å². The fraction of sp³-hybridized carbons (Fsp3) is 0.417. The first-order valence-electron chi connectivity index (χ1n) is 5.19. The van der Waals surface area contributed by atoms with Crippen LogP contribution in [0.25, 0.3) is 0 Å². The van der Waals surface area contributed by atoms with Crippen LogP contribution in [0.3, 0.4) is 0 Å². The predicted molar refractivity (Wildman–Crippen MR) is 64.2 cm³/mol. The Morgan fingerprint density at radius 3 is 2.53 bits per heavy atom. The summed E-state index contributed by atoms with van der Waals surface area (Å²) in [6.45, 7) is 0.702. The number of amides is 1. The Kier molecular flexibility index (Phi) is 3.10. The number of rotatable bonds is 4. The molecule has 0 saturated heterocycles. The highest BCUT2D eigenvalue weighted by Crippen LogP contribution is 2.48. The summed E-state index contributed by atoms with van der Waals surface area (Å²) in [6, 6.07) is 10.1. The van der Waals surface area contributed by atoms with E-state index in [1.165, 1.54) is 0 Å². The van der Waals surface area contributed by atoms with Crippen LogP contribution < -0.4 is 5.32 Å². The molecule has 1 fully saturated rings. The van der Waals surface area contributed by atoms with Crippen molar-refractivity contribution in [3.05, 3.63) is 35.9 Å². The lowest BCUT2D eigenvalue weighted by Gasteiger charge is -2.14. The van der Waals surface area contributed by atoms with Gasteiger partial charge in [-0.25, -0.2) is 0 Å². The number of hydrogen-bond donors (Lipinski definition) is 1. The lowest BCUT2D eigenvalue weighted by Crippen LogP contribution is -2.35. The van der Waals surface area contributed by atoms with Crippen LogP contribution in [0.1, 0.15) is 18.4 Å². The highest BCUT2D eigenvalue weighted by Gasteiger charge is 2.50. The summed E-state index contributed by atoms with van der Waals surface area (Å²) in [4.78, 5) is 12.0. The maximum atomic E-state index is 12.0. The molecule has 2 nitrogen and oxygen atoms in total. The third-order valence-electron chi connectivity index (χ3n) is 2.89. The summed E-state index contributed by atoms with van der Waals surface area (Å²) < 4.78 is 0. The fourth-order valence-electron chi connectivity index (χ4n) is 1.86. The summed E-state index contributed by atoms with van der Waals surface area (Å²) >= 11 is 3.31. The first-order chi connectivity index (χ1) is 7.29. The molecule has 1 aromatic rings. The van der Waals surface area contributed by atoms with Crippen molar-refractivity contribution in [1.82, 2.24) is 5.32 Å². The van der Waals surface area contributed by atoms with Crippen LogP contribution in [0.4, 0.5) is 0 Å². The lowest BCUT2D eigenvalue weighted by atomic mass is 9.95. The highest BCUT2D eigenvalue weighted by molar-refractivity contribution is 9.09. The van der Waals surface area contributed by atoms with E-state index in [2.05, 4.69) is 21.2 Å². The van der Waals surface area contributed by atoms with Gasteiger partial charge in [0.1, 0.15) is 0 Å². The van der Waals surface area contributed by atoms with Crippen molar-refractivity contribution in [2.24, 2.45) is 0 Å². The van der Waals surface area contributed by atoms with Gasteiger partial charge in [0.2, 0.25) is 5.91 Å². The quantitative estimate of drug-likeness (QED) is 0.833. The van der Waals surface area contributed by atoms with E-state index < -0.39 is 0 Å². The number of nitrogens with one attached hydrogen (secondary N) is 1. The summed E-state index contributed by atoms with van der Waals surface area (Å²) in [5.41, 5.74) is 0.931. The van der Waals surface area contributed by atoms with Crippen LogP contribution >= 0.6 is 15.9 Å². The molecule has 0 atom stereocenters. The molecule has 1 saturated carbocycles. The monoisotopic (exact) mass is 267 g/mol. The molecule has 0 aromatic heterocycles. The normalized spacial score (nSPS) is 17.1. The summed E-state index contributed by atoms with van der Waals surface area (Å²) in [5, 5.41) is 3.76. The predicted octanol–water partition coefficient (Wildman–Crippen LogP) is 2.23. The van der Waals surface area contributed by atoms with E-state index in [0.717, 1.165) is 23.7 Å². The van der Waals surface area contributed by atoms with Crippen molar-refractivity contribution in [2.75, 3.05) is 11.9 Å². The van der Waals surface area contributed by atoms with Crippen molar-refractivity contribution in [3.63, 3.8) is 0 Å². The van der Waals surface area contributed by atoms with Crippen molar-refractivity contribution in [2.45, 2.75) is 18.3 Å². The average Bonchev–Trinajstić information content (AvgIpc) is 3.08. The van der Waals surface area contributed by atoms with Gasteiger partial charge >= 0.3 is 0 Å². The Morgan fingerprint density at radius 2 is 2.00 bits per heavy atom. The zero-order chi connectivity index (χ0) is 10.7. The molecule has 1 N–H and O–H groups in total. The molecule has 0 spiro atoms. The van der Waals surface area contributed by atoms with Crippen LogP contribution in [0.15, 0.2) is 30.3 Å². The molecule has 80 valence electrons. The van der Waals surface area contributed by atoms with E-state index in [1.54, 1.807) is 0 Å². The Hall–Kier alpha value is -0.830. The molecule has 0 unspecified atom stereocenters. The van der Waals surface area contributed by atoms with E-state index >= 15 is 0 Å². The number of benzene rings is 1. The molecule has 0 aliphatic heterocycles. The van der Waals surface area contributed by atoms with E-state index in [-0.39, 0.29) is 11.3 Å². The standard InChI is InChI=1S/C12H14BrNO/c13-8-9-14-11(15)12(6-7-12)10-4-2-1-3-5-10/h1-5H,6-9H2,(H,14,15). The average molecular weight is 268 g/mol. The maximum absolute atomic E-state index is 12.0. The molecule has 15 heavy (non-hydrogen) atoms. The SMILES string of the molecule is O=C(NCCBr)C1(c2ccccc2)CC1. The summed E-state index contributed by atoms with van der Waals surface area (Å²) in [6.07, 6.45) is 1.95. The topological polar surface area (TPSA) is 29.1 Å². The summed E-state index contributed by atoms with van der Waals surface area (Å²) in [7, 11) is 0. The van der Waals surface area contributed by atoms with Crippen LogP contribution in [0, 0.1) is 0 Å². The first kappa shape index (κ1) is 10.7. The Bertz CT molecular complexity index is 346. The number of halogens is 1. The van der Waals surface area contributed by atoms with Crippen molar-refractivity contribution >= 4 is 21.8 Å². The van der Waals surface area contributed by atoms with Gasteiger partial charge in [-0.15, -0.1) is 0 Å². The molecular formula is C12H14BrNO. The van der Waals surface area contributed by atoms with Gasteiger partial charge in [-0.2, -0.15) is 0 Å². The second-order valence-corrected chi connectivity index (χ2v) is 4.69. The van der Waals surface area contributed by atoms with Crippen LogP contribution in [-0.4, -0.2) is 17.8 Å². The molecule has 3 heteroatoms. The summed E-state index contributed by atoms with van der Waals surface area (Å²) in [5.74, 6) is 0.174. The van der Waals surface area contributed by atoms with Gasteiger partial charge in [0, 0.05) is 11.9 Å². The minimum atomic E-state index is -0.219. The second-order valence-electron chi connectivity index (χ2n) is 3.89. The van der Waals surface area contributed by atoms with Crippen LogP contribution in [0.2, 0.25) is 0 Å². The fourth-order valence-corrected chi connectivity index (χ4v) is 2.06. The van der Waals surface area contributed by atoms with Crippen molar-refractivity contribution in [1.29, 1.82) is 0 Å². The van der Waals surface area contributed by atoms with Crippen molar-refractivity contribution < 1.29 is 4.79 Å². The zero-order valence-corrected chi connectivity index (χ0v) is 10.1. The number of alkyl halides is 1.